The topological polar surface area (TPSA) is 54.3 Å². The predicted octanol–water partition coefficient (Wildman–Crippen LogP) is 2.28. The van der Waals surface area contributed by atoms with Crippen molar-refractivity contribution in [3.63, 3.8) is 0 Å². The number of hydrogen-bond acceptors (Lipinski definition) is 3. The molecule has 2 aromatic heterocycles. The molecule has 2 aromatic rings. The molecule has 108 valence electrons. The van der Waals surface area contributed by atoms with Gasteiger partial charge in [-0.3, -0.25) is 4.79 Å². The second kappa shape index (κ2) is 6.62. The summed E-state index contributed by atoms with van der Waals surface area (Å²) in [7, 11) is 0. The van der Waals surface area contributed by atoms with Gasteiger partial charge in [0.05, 0.1) is 12.6 Å². The number of nitrogens with one attached hydrogen (secondary N) is 1. The highest BCUT2D eigenvalue weighted by molar-refractivity contribution is 7.07. The largest absolute Gasteiger partial charge is 0.387 e. The van der Waals surface area contributed by atoms with Crippen LogP contribution in [0.25, 0.3) is 0 Å². The molecule has 1 amide bonds. The molecule has 7 heteroatoms. The Morgan fingerprint density at radius 1 is 1.45 bits per heavy atom. The number of alkyl halides is 2. The van der Waals surface area contributed by atoms with E-state index in [0.717, 1.165) is 5.56 Å². The lowest BCUT2D eigenvalue weighted by molar-refractivity contribution is 0.0895. The third-order valence-corrected chi connectivity index (χ3v) is 3.48. The van der Waals surface area contributed by atoms with E-state index in [0.29, 0.717) is 0 Å². The number of nitrogens with zero attached hydrogens (tertiary/aromatic N) is 1. The summed E-state index contributed by atoms with van der Waals surface area (Å²) in [6, 6.07) is 4.77. The third kappa shape index (κ3) is 3.64. The first kappa shape index (κ1) is 14.7. The molecule has 0 aliphatic heterocycles. The SMILES string of the molecule is O=C(NCC(O)c1ccsc1)c1cccn1CC(F)F. The van der Waals surface area contributed by atoms with Gasteiger partial charge in [0.15, 0.2) is 0 Å². The molecule has 0 bridgehead atoms. The Morgan fingerprint density at radius 2 is 2.25 bits per heavy atom. The summed E-state index contributed by atoms with van der Waals surface area (Å²) in [5.74, 6) is -0.482. The van der Waals surface area contributed by atoms with Crippen molar-refractivity contribution in [1.29, 1.82) is 0 Å². The first-order valence-electron chi connectivity index (χ1n) is 5.99. The molecule has 4 nitrogen and oxygen atoms in total. The maximum absolute atomic E-state index is 12.3. The minimum Gasteiger partial charge on any atom is -0.387 e. The molecule has 0 radical (unpaired) electrons. The quantitative estimate of drug-likeness (QED) is 0.860. The Labute approximate surface area is 118 Å². The van der Waals surface area contributed by atoms with Crippen LogP contribution in [0, 0.1) is 0 Å². The van der Waals surface area contributed by atoms with Gasteiger partial charge in [0.25, 0.3) is 12.3 Å². The molecular weight excluding hydrogens is 286 g/mol. The van der Waals surface area contributed by atoms with Crippen LogP contribution < -0.4 is 5.32 Å². The van der Waals surface area contributed by atoms with Crippen LogP contribution in [0.3, 0.4) is 0 Å². The molecular formula is C13H14F2N2O2S. The zero-order valence-corrected chi connectivity index (χ0v) is 11.3. The van der Waals surface area contributed by atoms with Crippen LogP contribution in [0.1, 0.15) is 22.2 Å². The van der Waals surface area contributed by atoms with Gasteiger partial charge in [0, 0.05) is 12.7 Å². The standard InChI is InChI=1S/C13H14F2N2O2S/c14-12(15)7-17-4-1-2-10(17)13(19)16-6-11(18)9-3-5-20-8-9/h1-5,8,11-12,18H,6-7H2,(H,16,19). The van der Waals surface area contributed by atoms with Crippen molar-refractivity contribution < 1.29 is 18.7 Å². The van der Waals surface area contributed by atoms with Gasteiger partial charge in [-0.1, -0.05) is 0 Å². The lowest BCUT2D eigenvalue weighted by atomic mass is 10.2. The summed E-state index contributed by atoms with van der Waals surface area (Å²) < 4.78 is 25.9. The van der Waals surface area contributed by atoms with Crippen molar-refractivity contribution in [2.24, 2.45) is 0 Å². The Hall–Kier alpha value is -1.73. The van der Waals surface area contributed by atoms with Gasteiger partial charge in [-0.05, 0) is 34.5 Å². The maximum atomic E-state index is 12.3. The number of aromatic nitrogens is 1. The van der Waals surface area contributed by atoms with E-state index in [9.17, 15) is 18.7 Å². The molecule has 0 spiro atoms. The van der Waals surface area contributed by atoms with Crippen molar-refractivity contribution in [3.05, 3.63) is 46.4 Å². The Balaban J connectivity index is 1.93. The first-order valence-corrected chi connectivity index (χ1v) is 6.94. The summed E-state index contributed by atoms with van der Waals surface area (Å²) in [5.41, 5.74) is 0.876. The van der Waals surface area contributed by atoms with E-state index in [1.165, 1.54) is 34.2 Å². The smallest absolute Gasteiger partial charge is 0.268 e. The van der Waals surface area contributed by atoms with Gasteiger partial charge in [0.2, 0.25) is 0 Å². The van der Waals surface area contributed by atoms with E-state index in [-0.39, 0.29) is 12.2 Å². The fraction of sp³-hybridized carbons (Fsp3) is 0.308. The predicted molar refractivity (Wildman–Crippen MR) is 72.0 cm³/mol. The number of amides is 1. The summed E-state index contributed by atoms with van der Waals surface area (Å²) in [6.07, 6.45) is -1.90. The van der Waals surface area contributed by atoms with Crippen LogP contribution in [-0.4, -0.2) is 28.6 Å². The molecule has 2 heterocycles. The van der Waals surface area contributed by atoms with E-state index in [2.05, 4.69) is 5.32 Å². The van der Waals surface area contributed by atoms with Gasteiger partial charge in [0.1, 0.15) is 5.69 Å². The summed E-state index contributed by atoms with van der Waals surface area (Å²) in [6.45, 7) is -0.488. The molecule has 0 saturated heterocycles. The molecule has 0 aliphatic rings. The number of aliphatic hydroxyl groups excluding tert-OH is 1. The number of halogens is 2. The van der Waals surface area contributed by atoms with Crippen LogP contribution >= 0.6 is 11.3 Å². The van der Waals surface area contributed by atoms with Gasteiger partial charge in [-0.2, -0.15) is 11.3 Å². The maximum Gasteiger partial charge on any atom is 0.268 e. The molecule has 0 fully saturated rings. The average molecular weight is 300 g/mol. The number of carbonyl (C=O) groups is 1. The average Bonchev–Trinajstić information content (AvgIpc) is 3.05. The number of hydrogen-bond donors (Lipinski definition) is 2. The number of aliphatic hydroxyl groups is 1. The summed E-state index contributed by atoms with van der Waals surface area (Å²) in [4.78, 5) is 11.9. The highest BCUT2D eigenvalue weighted by Gasteiger charge is 2.15. The molecule has 2 N–H and O–H groups in total. The van der Waals surface area contributed by atoms with Crippen LogP contribution in [0.4, 0.5) is 8.78 Å². The van der Waals surface area contributed by atoms with E-state index in [4.69, 9.17) is 0 Å². The fourth-order valence-electron chi connectivity index (χ4n) is 1.79. The summed E-state index contributed by atoms with van der Waals surface area (Å²) >= 11 is 1.45. The molecule has 1 unspecified atom stereocenters. The Morgan fingerprint density at radius 3 is 2.90 bits per heavy atom. The van der Waals surface area contributed by atoms with Crippen molar-refractivity contribution in [2.45, 2.75) is 19.1 Å². The zero-order valence-electron chi connectivity index (χ0n) is 10.5. The van der Waals surface area contributed by atoms with Gasteiger partial charge in [-0.15, -0.1) is 0 Å². The van der Waals surface area contributed by atoms with Gasteiger partial charge < -0.3 is 15.0 Å². The van der Waals surface area contributed by atoms with Crippen LogP contribution in [0.5, 0.6) is 0 Å². The van der Waals surface area contributed by atoms with E-state index >= 15 is 0 Å². The molecule has 20 heavy (non-hydrogen) atoms. The monoisotopic (exact) mass is 300 g/mol. The zero-order chi connectivity index (χ0) is 14.5. The lowest BCUT2D eigenvalue weighted by Gasteiger charge is -2.12. The molecule has 0 aromatic carbocycles. The van der Waals surface area contributed by atoms with Crippen molar-refractivity contribution in [3.8, 4) is 0 Å². The molecule has 1 atom stereocenters. The molecule has 0 saturated carbocycles. The number of thiophene rings is 1. The highest BCUT2D eigenvalue weighted by Crippen LogP contribution is 2.15. The number of rotatable bonds is 6. The Kier molecular flexibility index (Phi) is 4.86. The minimum absolute atomic E-state index is 0.0371. The molecule has 0 aliphatic carbocycles. The van der Waals surface area contributed by atoms with E-state index in [1.807, 2.05) is 5.38 Å². The summed E-state index contributed by atoms with van der Waals surface area (Å²) in [5, 5.41) is 16.0. The second-order valence-corrected chi connectivity index (χ2v) is 5.00. The van der Waals surface area contributed by atoms with Gasteiger partial charge in [-0.25, -0.2) is 8.78 Å². The second-order valence-electron chi connectivity index (χ2n) is 4.22. The van der Waals surface area contributed by atoms with Crippen LogP contribution in [0.15, 0.2) is 35.2 Å². The van der Waals surface area contributed by atoms with Crippen molar-refractivity contribution in [2.75, 3.05) is 6.54 Å². The van der Waals surface area contributed by atoms with Gasteiger partial charge >= 0.3 is 0 Å². The third-order valence-electron chi connectivity index (χ3n) is 2.78. The normalized spacial score (nSPS) is 12.6. The molecule has 2 rings (SSSR count). The lowest BCUT2D eigenvalue weighted by Crippen LogP contribution is -2.30. The van der Waals surface area contributed by atoms with Crippen molar-refractivity contribution >= 4 is 17.2 Å². The van der Waals surface area contributed by atoms with E-state index in [1.54, 1.807) is 11.4 Å². The van der Waals surface area contributed by atoms with Crippen molar-refractivity contribution in [1.82, 2.24) is 9.88 Å². The first-order chi connectivity index (χ1) is 9.58. The van der Waals surface area contributed by atoms with Crippen LogP contribution in [-0.2, 0) is 6.54 Å². The van der Waals surface area contributed by atoms with Crippen LogP contribution in [0.2, 0.25) is 0 Å². The highest BCUT2D eigenvalue weighted by atomic mass is 32.1. The Bertz CT molecular complexity index is 554. The minimum atomic E-state index is -2.52. The number of carbonyl (C=O) groups excluding carboxylic acids is 1. The fourth-order valence-corrected chi connectivity index (χ4v) is 2.50. The van der Waals surface area contributed by atoms with E-state index < -0.39 is 25.0 Å².